The van der Waals surface area contributed by atoms with Gasteiger partial charge in [-0.1, -0.05) is 74.2 Å². The van der Waals surface area contributed by atoms with Crippen LogP contribution in [0.25, 0.3) is 32.6 Å². The van der Waals surface area contributed by atoms with Crippen LogP contribution in [0, 0.1) is 0 Å². The number of benzene rings is 4. The zero-order valence-corrected chi connectivity index (χ0v) is 26.0. The van der Waals surface area contributed by atoms with Crippen molar-refractivity contribution in [1.82, 2.24) is 9.88 Å². The smallest absolute Gasteiger partial charge is 0.129 e. The Hall–Kier alpha value is -2.75. The minimum absolute atomic E-state index is 0. The lowest BCUT2D eigenvalue weighted by Gasteiger charge is -2.48. The van der Waals surface area contributed by atoms with Gasteiger partial charge in [-0.25, -0.2) is 0 Å². The fourth-order valence-corrected chi connectivity index (χ4v) is 6.34. The Kier molecular flexibility index (Phi) is 11.7. The number of aromatic amines is 1. The van der Waals surface area contributed by atoms with E-state index < -0.39 is 6.10 Å². The van der Waals surface area contributed by atoms with Crippen LogP contribution >= 0.6 is 40.5 Å². The summed E-state index contributed by atoms with van der Waals surface area (Å²) >= 11 is 0. The molecule has 3 atom stereocenters. The predicted octanol–water partition coefficient (Wildman–Crippen LogP) is 7.10. The Labute approximate surface area is 269 Å². The maximum atomic E-state index is 11.1. The van der Waals surface area contributed by atoms with E-state index in [4.69, 9.17) is 4.74 Å². The molecule has 8 heteroatoms. The molecular formula is C34H43N3O2S3. The van der Waals surface area contributed by atoms with Crippen molar-refractivity contribution in [3.63, 3.8) is 0 Å². The van der Waals surface area contributed by atoms with Gasteiger partial charge in [0.2, 0.25) is 0 Å². The number of anilines is 1. The van der Waals surface area contributed by atoms with Gasteiger partial charge in [-0.05, 0) is 53.9 Å². The number of rotatable bonds is 6. The number of H-pyrrole nitrogens is 1. The monoisotopic (exact) mass is 621 g/mol. The van der Waals surface area contributed by atoms with Gasteiger partial charge in [0, 0.05) is 53.7 Å². The largest absolute Gasteiger partial charge is 0.490 e. The van der Waals surface area contributed by atoms with Crippen molar-refractivity contribution in [3.8, 4) is 5.75 Å². The van der Waals surface area contributed by atoms with E-state index in [1.54, 1.807) is 0 Å². The van der Waals surface area contributed by atoms with Gasteiger partial charge in [-0.2, -0.15) is 40.5 Å². The number of hydrogen-bond acceptors (Lipinski definition) is 4. The lowest BCUT2D eigenvalue weighted by molar-refractivity contribution is 0.0409. The summed E-state index contributed by atoms with van der Waals surface area (Å²) in [7, 11) is 0. The van der Waals surface area contributed by atoms with Gasteiger partial charge in [0.1, 0.15) is 18.5 Å². The Morgan fingerprint density at radius 2 is 1.50 bits per heavy atom. The van der Waals surface area contributed by atoms with Crippen LogP contribution in [0.4, 0.5) is 5.69 Å². The molecule has 42 heavy (non-hydrogen) atoms. The minimum atomic E-state index is -0.561. The first kappa shape index (κ1) is 33.7. The molecule has 5 aromatic rings. The number of para-hydroxylation sites is 1. The van der Waals surface area contributed by atoms with Crippen LogP contribution in [-0.4, -0.2) is 59.4 Å². The normalized spacial score (nSPS) is 19.5. The minimum Gasteiger partial charge on any atom is -0.490 e. The van der Waals surface area contributed by atoms with E-state index in [-0.39, 0.29) is 54.5 Å². The van der Waals surface area contributed by atoms with Gasteiger partial charge in [0.15, 0.2) is 0 Å². The number of ether oxygens (including phenoxy) is 1. The number of nitrogens with zero attached hydrogens (tertiary/aromatic N) is 2. The average molecular weight is 622 g/mol. The molecule has 5 nitrogen and oxygen atoms in total. The molecule has 3 aliphatic heterocycles. The Bertz CT molecular complexity index is 1640. The van der Waals surface area contributed by atoms with Gasteiger partial charge in [-0.15, -0.1) is 0 Å². The van der Waals surface area contributed by atoms with Gasteiger partial charge >= 0.3 is 0 Å². The van der Waals surface area contributed by atoms with Crippen LogP contribution in [0.2, 0.25) is 0 Å². The number of aliphatic hydroxyl groups excluding tert-OH is 1. The highest BCUT2D eigenvalue weighted by molar-refractivity contribution is 7.59. The van der Waals surface area contributed by atoms with Crippen LogP contribution in [-0.2, 0) is 0 Å². The zero-order chi connectivity index (χ0) is 25.5. The molecule has 1 fully saturated rings. The first-order chi connectivity index (χ1) is 18.7. The lowest BCUT2D eigenvalue weighted by Crippen LogP contribution is -2.60. The number of aromatic nitrogens is 1. The Morgan fingerprint density at radius 3 is 2.33 bits per heavy atom. The predicted molar refractivity (Wildman–Crippen MR) is 194 cm³/mol. The maximum Gasteiger partial charge on any atom is 0.129 e. The summed E-state index contributed by atoms with van der Waals surface area (Å²) < 4.78 is 6.24. The maximum absolute atomic E-state index is 11.1. The van der Waals surface area contributed by atoms with Crippen molar-refractivity contribution in [2.75, 3.05) is 31.1 Å². The van der Waals surface area contributed by atoms with Crippen LogP contribution in [0.15, 0.2) is 97.1 Å². The molecule has 4 heterocycles. The average Bonchev–Trinajstić information content (AvgIpc) is 3.32. The van der Waals surface area contributed by atoms with E-state index in [0.29, 0.717) is 18.6 Å². The third kappa shape index (κ3) is 6.58. The van der Waals surface area contributed by atoms with Crippen LogP contribution < -0.4 is 9.64 Å². The molecule has 0 amide bonds. The molecule has 0 aliphatic carbocycles. The number of aliphatic hydroxyl groups is 1. The number of fused-ring (bicyclic) bond motifs is 8. The molecule has 3 aliphatic rings. The van der Waals surface area contributed by atoms with Crippen molar-refractivity contribution < 1.29 is 9.84 Å². The van der Waals surface area contributed by atoms with Crippen LogP contribution in [0.1, 0.15) is 20.3 Å². The van der Waals surface area contributed by atoms with Crippen molar-refractivity contribution in [1.29, 1.82) is 0 Å². The van der Waals surface area contributed by atoms with Gasteiger partial charge in [-0.3, -0.25) is 4.90 Å². The summed E-state index contributed by atoms with van der Waals surface area (Å²) in [5, 5.41) is 15.9. The summed E-state index contributed by atoms with van der Waals surface area (Å²) in [5.41, 5.74) is 3.45. The Balaban J connectivity index is 0.00000121. The molecule has 8 rings (SSSR count). The number of hydrogen-bond donors (Lipinski definition) is 2. The first-order valence-electron chi connectivity index (χ1n) is 13.7. The van der Waals surface area contributed by atoms with E-state index in [1.807, 2.05) is 24.3 Å². The molecule has 0 radical (unpaired) electrons. The van der Waals surface area contributed by atoms with Crippen LogP contribution in [0.3, 0.4) is 0 Å². The molecule has 2 bridgehead atoms. The number of piperazine rings is 1. The standard InChI is InChI=1S/C33H33N3O2.CH4.3H2S/c37-28(22-38-32-15-7-14-31-33(32)29-12-5-6-13-30(29)34-31)21-35-19-27-11-4-3-10-26(35)20-36(27)25-17-16-23-8-1-2-9-24(23)18-25;;;;/h1-9,12-18,26-28,34,37H,10-11,19-22H2;1H4;3*1H2/b4-3-;;;;/t26-,27-,28-;;;;/m0..../s1. The summed E-state index contributed by atoms with van der Waals surface area (Å²) in [6, 6.07) is 30.5. The summed E-state index contributed by atoms with van der Waals surface area (Å²) in [6.45, 7) is 2.80. The molecular weight excluding hydrogens is 579 g/mol. The van der Waals surface area contributed by atoms with E-state index >= 15 is 0 Å². The van der Waals surface area contributed by atoms with Crippen molar-refractivity contribution in [3.05, 3.63) is 97.1 Å². The second-order valence-corrected chi connectivity index (χ2v) is 10.7. The van der Waals surface area contributed by atoms with Gasteiger partial charge in [0.05, 0.1) is 5.52 Å². The van der Waals surface area contributed by atoms with Crippen molar-refractivity contribution in [2.24, 2.45) is 0 Å². The van der Waals surface area contributed by atoms with E-state index in [0.717, 1.165) is 53.5 Å². The van der Waals surface area contributed by atoms with Gasteiger partial charge < -0.3 is 19.7 Å². The first-order valence-corrected chi connectivity index (χ1v) is 13.7. The van der Waals surface area contributed by atoms with E-state index in [2.05, 4.69) is 87.6 Å². The lowest BCUT2D eigenvalue weighted by atomic mass is 9.96. The molecule has 2 N–H and O–H groups in total. The molecule has 0 saturated carbocycles. The molecule has 1 saturated heterocycles. The second-order valence-electron chi connectivity index (χ2n) is 10.7. The highest BCUT2D eigenvalue weighted by Gasteiger charge is 2.35. The van der Waals surface area contributed by atoms with Crippen molar-refractivity contribution >= 4 is 78.8 Å². The molecule has 0 spiro atoms. The van der Waals surface area contributed by atoms with Crippen LogP contribution in [0.5, 0.6) is 5.75 Å². The van der Waals surface area contributed by atoms with E-state index in [9.17, 15) is 5.11 Å². The topological polar surface area (TPSA) is 51.7 Å². The zero-order valence-electron chi connectivity index (χ0n) is 23.0. The van der Waals surface area contributed by atoms with Crippen molar-refractivity contribution in [2.45, 2.75) is 38.5 Å². The Morgan fingerprint density at radius 1 is 0.786 bits per heavy atom. The van der Waals surface area contributed by atoms with Gasteiger partial charge in [0.25, 0.3) is 0 Å². The fourth-order valence-electron chi connectivity index (χ4n) is 6.34. The highest BCUT2D eigenvalue weighted by atomic mass is 32.1. The third-order valence-electron chi connectivity index (χ3n) is 8.23. The summed E-state index contributed by atoms with van der Waals surface area (Å²) in [5.74, 6) is 0.818. The molecule has 1 aromatic heterocycles. The fraction of sp³-hybridized carbons (Fsp3) is 0.294. The summed E-state index contributed by atoms with van der Waals surface area (Å²) in [6.07, 6.45) is 6.12. The highest BCUT2D eigenvalue weighted by Crippen LogP contribution is 2.34. The third-order valence-corrected chi connectivity index (χ3v) is 8.23. The molecule has 0 unspecified atom stereocenters. The molecule has 224 valence electrons. The summed E-state index contributed by atoms with van der Waals surface area (Å²) in [4.78, 5) is 8.53. The quantitative estimate of drug-likeness (QED) is 0.199. The SMILES string of the molecule is C.O[C@H](COc1cccc2[nH]c3ccccc3c12)CN1C[C@@H]2C/C=C\C[C@H]1CN2c1ccc2ccccc2c1.S.S.S. The number of nitrogens with one attached hydrogen (secondary N) is 1. The second kappa shape index (κ2) is 14.6. The molecule has 4 aromatic carbocycles. The van der Waals surface area contributed by atoms with E-state index in [1.165, 1.54) is 16.5 Å².